The molecule has 0 aliphatic rings. The Morgan fingerprint density at radius 1 is 1.14 bits per heavy atom. The Balaban J connectivity index is 1.61. The molecule has 0 spiro atoms. The van der Waals surface area contributed by atoms with Crippen molar-refractivity contribution in [1.82, 2.24) is 9.97 Å². The predicted octanol–water partition coefficient (Wildman–Crippen LogP) is 3.15. The van der Waals surface area contributed by atoms with E-state index in [1.165, 1.54) is 11.6 Å². The third-order valence-electron chi connectivity index (χ3n) is 3.93. The molecular weight excluding hydrogens is 356 g/mol. The van der Waals surface area contributed by atoms with E-state index in [-0.39, 0.29) is 11.5 Å². The Kier molecular flexibility index (Phi) is 6.41. The maximum Gasteiger partial charge on any atom is 0.252 e. The van der Waals surface area contributed by atoms with Gasteiger partial charge < -0.3 is 9.47 Å². The Bertz CT molecular complexity index is 1000. The molecule has 0 aliphatic heterocycles. The van der Waals surface area contributed by atoms with Crippen molar-refractivity contribution in [2.45, 2.75) is 13.3 Å². The number of methoxy groups -OCH3 is 1. The van der Waals surface area contributed by atoms with E-state index in [1.54, 1.807) is 20.2 Å². The Morgan fingerprint density at radius 2 is 1.96 bits per heavy atom. The van der Waals surface area contributed by atoms with Crippen LogP contribution in [0, 0.1) is 6.92 Å². The van der Waals surface area contributed by atoms with Gasteiger partial charge in [0.25, 0.3) is 5.56 Å². The summed E-state index contributed by atoms with van der Waals surface area (Å²) in [5.74, 6) is 1.58. The van der Waals surface area contributed by atoms with Crippen LogP contribution in [0.2, 0.25) is 0 Å². The summed E-state index contributed by atoms with van der Waals surface area (Å²) in [7, 11) is 1.60. The zero-order valence-electron chi connectivity index (χ0n) is 15.8. The van der Waals surface area contributed by atoms with Gasteiger partial charge >= 0.3 is 0 Å². The van der Waals surface area contributed by atoms with E-state index in [4.69, 9.17) is 9.47 Å². The molecule has 144 valence electrons. The lowest BCUT2D eigenvalue weighted by Gasteiger charge is -2.11. The highest BCUT2D eigenvalue weighted by Crippen LogP contribution is 2.27. The van der Waals surface area contributed by atoms with Crippen LogP contribution >= 0.6 is 0 Å². The Morgan fingerprint density at radius 3 is 2.71 bits per heavy atom. The molecular formula is C21H22N4O3. The van der Waals surface area contributed by atoms with Crippen molar-refractivity contribution in [3.63, 3.8) is 0 Å². The Hall–Kier alpha value is -3.61. The Labute approximate surface area is 163 Å². The van der Waals surface area contributed by atoms with Crippen molar-refractivity contribution in [1.29, 1.82) is 0 Å². The summed E-state index contributed by atoms with van der Waals surface area (Å²) in [6, 6.07) is 17.1. The average Bonchev–Trinajstić information content (AvgIpc) is 2.69. The standard InChI is InChI=1S/C21H22N4O3/c1-15-12-20(26)24-21(23-15)25-22-14-17-8-9-18(19(13-17)27-2)28-11-10-16-6-4-3-5-7-16/h3-9,12-14H,10-11H2,1-2H3,(H2,23,24,25,26)/b22-14+. The highest BCUT2D eigenvalue weighted by molar-refractivity contribution is 5.81. The van der Waals surface area contributed by atoms with E-state index in [0.29, 0.717) is 23.8 Å². The number of aromatic nitrogens is 2. The van der Waals surface area contributed by atoms with Gasteiger partial charge in [-0.05, 0) is 36.2 Å². The fraction of sp³-hybridized carbons (Fsp3) is 0.190. The van der Waals surface area contributed by atoms with Crippen LogP contribution in [-0.4, -0.2) is 29.9 Å². The first-order valence-electron chi connectivity index (χ1n) is 8.86. The van der Waals surface area contributed by atoms with Crippen molar-refractivity contribution in [3.05, 3.63) is 81.8 Å². The third-order valence-corrected chi connectivity index (χ3v) is 3.93. The highest BCUT2D eigenvalue weighted by Gasteiger charge is 2.05. The predicted molar refractivity (Wildman–Crippen MR) is 109 cm³/mol. The number of ether oxygens (including phenoxy) is 2. The number of rotatable bonds is 8. The molecule has 2 N–H and O–H groups in total. The number of H-pyrrole nitrogens is 1. The van der Waals surface area contributed by atoms with E-state index in [0.717, 1.165) is 12.0 Å². The summed E-state index contributed by atoms with van der Waals surface area (Å²) in [6.45, 7) is 2.30. The van der Waals surface area contributed by atoms with Crippen molar-refractivity contribution >= 4 is 12.2 Å². The number of hydrogen-bond acceptors (Lipinski definition) is 6. The molecule has 0 amide bonds. The monoisotopic (exact) mass is 378 g/mol. The van der Waals surface area contributed by atoms with Crippen LogP contribution in [-0.2, 0) is 6.42 Å². The normalized spacial score (nSPS) is 10.8. The number of hydrogen-bond donors (Lipinski definition) is 2. The van der Waals surface area contributed by atoms with Crippen molar-refractivity contribution < 1.29 is 9.47 Å². The van der Waals surface area contributed by atoms with E-state index in [2.05, 4.69) is 32.6 Å². The molecule has 0 aliphatic carbocycles. The molecule has 0 fully saturated rings. The minimum absolute atomic E-state index is 0.233. The van der Waals surface area contributed by atoms with Gasteiger partial charge in [-0.25, -0.2) is 10.4 Å². The number of nitrogens with zero attached hydrogens (tertiary/aromatic N) is 2. The van der Waals surface area contributed by atoms with Crippen LogP contribution in [0.4, 0.5) is 5.95 Å². The van der Waals surface area contributed by atoms with E-state index < -0.39 is 0 Å². The van der Waals surface area contributed by atoms with Gasteiger partial charge in [0, 0.05) is 18.2 Å². The summed E-state index contributed by atoms with van der Waals surface area (Å²) in [6.07, 6.45) is 2.43. The number of aryl methyl sites for hydroxylation is 1. The van der Waals surface area contributed by atoms with Crippen molar-refractivity contribution in [2.75, 3.05) is 19.1 Å². The molecule has 1 aromatic heterocycles. The molecule has 0 saturated carbocycles. The molecule has 0 atom stereocenters. The minimum Gasteiger partial charge on any atom is -0.493 e. The maximum atomic E-state index is 11.4. The lowest BCUT2D eigenvalue weighted by Crippen LogP contribution is -2.10. The SMILES string of the molecule is COc1cc(/C=N/Nc2nc(C)cc(=O)[nH]2)ccc1OCCc1ccccc1. The van der Waals surface area contributed by atoms with E-state index in [9.17, 15) is 4.79 Å². The van der Waals surface area contributed by atoms with E-state index >= 15 is 0 Å². The van der Waals surface area contributed by atoms with Crippen LogP contribution < -0.4 is 20.5 Å². The minimum atomic E-state index is -0.233. The summed E-state index contributed by atoms with van der Waals surface area (Å²) in [5, 5.41) is 4.10. The molecule has 0 saturated heterocycles. The third kappa shape index (κ3) is 5.44. The summed E-state index contributed by atoms with van der Waals surface area (Å²) < 4.78 is 11.3. The van der Waals surface area contributed by atoms with Gasteiger partial charge in [0.15, 0.2) is 11.5 Å². The van der Waals surface area contributed by atoms with Crippen LogP contribution in [0.3, 0.4) is 0 Å². The van der Waals surface area contributed by atoms with Gasteiger partial charge in [-0.3, -0.25) is 9.78 Å². The molecule has 0 bridgehead atoms. The van der Waals surface area contributed by atoms with Crippen LogP contribution in [0.15, 0.2) is 64.5 Å². The first-order valence-corrected chi connectivity index (χ1v) is 8.86. The zero-order valence-corrected chi connectivity index (χ0v) is 15.8. The number of anilines is 1. The topological polar surface area (TPSA) is 88.6 Å². The lowest BCUT2D eigenvalue weighted by molar-refractivity contribution is 0.297. The molecule has 7 heteroatoms. The molecule has 2 aromatic carbocycles. The zero-order chi connectivity index (χ0) is 19.8. The van der Waals surface area contributed by atoms with Gasteiger partial charge in [-0.15, -0.1) is 0 Å². The molecule has 0 unspecified atom stereocenters. The number of hydrazone groups is 1. The summed E-state index contributed by atoms with van der Waals surface area (Å²) in [5.41, 5.74) is 5.12. The van der Waals surface area contributed by atoms with Crippen LogP contribution in [0.25, 0.3) is 0 Å². The van der Waals surface area contributed by atoms with Crippen molar-refractivity contribution in [3.8, 4) is 11.5 Å². The highest BCUT2D eigenvalue weighted by atomic mass is 16.5. The molecule has 0 radical (unpaired) electrons. The second-order valence-electron chi connectivity index (χ2n) is 6.10. The van der Waals surface area contributed by atoms with Crippen LogP contribution in [0.1, 0.15) is 16.8 Å². The molecule has 7 nitrogen and oxygen atoms in total. The quantitative estimate of drug-likeness (QED) is 0.464. The number of benzene rings is 2. The second kappa shape index (κ2) is 9.36. The molecule has 28 heavy (non-hydrogen) atoms. The molecule has 3 aromatic rings. The average molecular weight is 378 g/mol. The molecule has 3 rings (SSSR count). The van der Waals surface area contributed by atoms with Gasteiger partial charge in [0.05, 0.1) is 19.9 Å². The number of nitrogens with one attached hydrogen (secondary N) is 2. The first kappa shape index (κ1) is 19.2. The van der Waals surface area contributed by atoms with Crippen LogP contribution in [0.5, 0.6) is 11.5 Å². The second-order valence-corrected chi connectivity index (χ2v) is 6.10. The molecule has 1 heterocycles. The van der Waals surface area contributed by atoms with E-state index in [1.807, 2.05) is 36.4 Å². The smallest absolute Gasteiger partial charge is 0.252 e. The number of aromatic amines is 1. The maximum absolute atomic E-state index is 11.4. The lowest BCUT2D eigenvalue weighted by atomic mass is 10.2. The first-order chi connectivity index (χ1) is 13.6. The van der Waals surface area contributed by atoms with Gasteiger partial charge in [-0.2, -0.15) is 5.10 Å². The fourth-order valence-corrected chi connectivity index (χ4v) is 2.61. The van der Waals surface area contributed by atoms with Gasteiger partial charge in [0.1, 0.15) is 0 Å². The summed E-state index contributed by atoms with van der Waals surface area (Å²) >= 11 is 0. The largest absolute Gasteiger partial charge is 0.493 e. The summed E-state index contributed by atoms with van der Waals surface area (Å²) in [4.78, 5) is 18.1. The fourth-order valence-electron chi connectivity index (χ4n) is 2.61. The van der Waals surface area contributed by atoms with Crippen molar-refractivity contribution in [2.24, 2.45) is 5.10 Å². The van der Waals surface area contributed by atoms with Gasteiger partial charge in [-0.1, -0.05) is 30.3 Å². The van der Waals surface area contributed by atoms with Gasteiger partial charge in [0.2, 0.25) is 5.95 Å².